The number of hydrogen-bond acceptors (Lipinski definition) is 2. The molecule has 2 nitrogen and oxygen atoms in total. The van der Waals surface area contributed by atoms with Crippen molar-refractivity contribution in [2.75, 3.05) is 26.7 Å². The molecule has 2 rings (SSSR count). The maximum absolute atomic E-state index is 13.0. The van der Waals surface area contributed by atoms with Gasteiger partial charge in [0.15, 0.2) is 0 Å². The molecule has 1 heterocycles. The smallest absolute Gasteiger partial charge is 0.123 e. The fourth-order valence-electron chi connectivity index (χ4n) is 2.03. The van der Waals surface area contributed by atoms with E-state index < -0.39 is 0 Å². The largest absolute Gasteiger partial charge is 0.314 e. The molecule has 0 aromatic heterocycles. The molecule has 0 spiro atoms. The van der Waals surface area contributed by atoms with E-state index in [4.69, 9.17) is 0 Å². The second-order valence-corrected chi connectivity index (χ2v) is 4.17. The van der Waals surface area contributed by atoms with Gasteiger partial charge in [0.25, 0.3) is 0 Å². The highest BCUT2D eigenvalue weighted by Crippen LogP contribution is 2.10. The van der Waals surface area contributed by atoms with E-state index in [-0.39, 0.29) is 5.82 Å². The first-order valence-electron chi connectivity index (χ1n) is 5.41. The number of piperazine rings is 1. The fourth-order valence-corrected chi connectivity index (χ4v) is 2.03. The van der Waals surface area contributed by atoms with E-state index in [2.05, 4.69) is 17.3 Å². The third kappa shape index (κ3) is 2.76. The molecule has 0 bridgehead atoms. The van der Waals surface area contributed by atoms with Crippen molar-refractivity contribution in [3.05, 3.63) is 35.6 Å². The quantitative estimate of drug-likeness (QED) is 0.787. The second kappa shape index (κ2) is 4.73. The lowest BCUT2D eigenvalue weighted by Gasteiger charge is -2.33. The Labute approximate surface area is 90.1 Å². The van der Waals surface area contributed by atoms with Crippen molar-refractivity contribution in [1.29, 1.82) is 0 Å². The Balaban J connectivity index is 2.01. The molecule has 1 saturated heterocycles. The van der Waals surface area contributed by atoms with Gasteiger partial charge in [0, 0.05) is 25.7 Å². The van der Waals surface area contributed by atoms with Crippen LogP contribution < -0.4 is 5.32 Å². The number of rotatable bonds is 2. The van der Waals surface area contributed by atoms with Crippen molar-refractivity contribution in [2.24, 2.45) is 0 Å². The minimum Gasteiger partial charge on any atom is -0.314 e. The molecule has 3 heteroatoms. The highest BCUT2D eigenvalue weighted by molar-refractivity contribution is 5.17. The summed E-state index contributed by atoms with van der Waals surface area (Å²) >= 11 is 0. The molecule has 1 aromatic rings. The minimum atomic E-state index is -0.140. The van der Waals surface area contributed by atoms with Crippen LogP contribution in [-0.4, -0.2) is 37.6 Å². The summed E-state index contributed by atoms with van der Waals surface area (Å²) in [7, 11) is 2.13. The van der Waals surface area contributed by atoms with Crippen molar-refractivity contribution in [3.8, 4) is 0 Å². The van der Waals surface area contributed by atoms with Gasteiger partial charge in [0.05, 0.1) is 0 Å². The predicted octanol–water partition coefficient (Wildman–Crippen LogP) is 1.27. The van der Waals surface area contributed by atoms with Gasteiger partial charge in [-0.2, -0.15) is 0 Å². The normalized spacial score (nSPS) is 22.9. The molecule has 1 aliphatic rings. The van der Waals surface area contributed by atoms with Crippen molar-refractivity contribution in [1.82, 2.24) is 10.2 Å². The summed E-state index contributed by atoms with van der Waals surface area (Å²) in [4.78, 5) is 2.33. The van der Waals surface area contributed by atoms with Crippen LogP contribution in [0.3, 0.4) is 0 Å². The van der Waals surface area contributed by atoms with Gasteiger partial charge in [-0.15, -0.1) is 0 Å². The number of nitrogens with one attached hydrogen (secondary N) is 1. The van der Waals surface area contributed by atoms with Gasteiger partial charge in [-0.25, -0.2) is 4.39 Å². The molecule has 0 radical (unpaired) electrons. The first kappa shape index (κ1) is 10.6. The van der Waals surface area contributed by atoms with Gasteiger partial charge in [-0.1, -0.05) is 12.1 Å². The summed E-state index contributed by atoms with van der Waals surface area (Å²) in [6.45, 7) is 3.11. The van der Waals surface area contributed by atoms with Crippen LogP contribution in [0, 0.1) is 5.82 Å². The van der Waals surface area contributed by atoms with E-state index in [9.17, 15) is 4.39 Å². The lowest BCUT2D eigenvalue weighted by Crippen LogP contribution is -2.50. The number of benzene rings is 1. The molecule has 0 amide bonds. The maximum atomic E-state index is 13.0. The summed E-state index contributed by atoms with van der Waals surface area (Å²) in [6.07, 6.45) is 0.918. The van der Waals surface area contributed by atoms with Gasteiger partial charge in [0.2, 0.25) is 0 Å². The Morgan fingerprint density at radius 1 is 1.53 bits per heavy atom. The van der Waals surface area contributed by atoms with Crippen LogP contribution in [0.5, 0.6) is 0 Å². The van der Waals surface area contributed by atoms with E-state index in [0.717, 1.165) is 31.6 Å². The lowest BCUT2D eigenvalue weighted by atomic mass is 10.0. The summed E-state index contributed by atoms with van der Waals surface area (Å²) in [5, 5.41) is 3.36. The summed E-state index contributed by atoms with van der Waals surface area (Å²) in [5.41, 5.74) is 1.08. The van der Waals surface area contributed by atoms with E-state index in [1.807, 2.05) is 6.07 Å². The number of nitrogens with zero attached hydrogens (tertiary/aromatic N) is 1. The molecule has 0 saturated carbocycles. The molecule has 1 aromatic carbocycles. The lowest BCUT2D eigenvalue weighted by molar-refractivity contribution is 0.199. The standard InChI is InChI=1S/C12H17FN2/c1-15-6-5-14-9-12(15)8-10-3-2-4-11(13)7-10/h2-4,7,12,14H,5-6,8-9H2,1H3. The molecule has 0 aliphatic carbocycles. The molecular weight excluding hydrogens is 191 g/mol. The number of likely N-dealkylation sites (N-methyl/N-ethyl adjacent to an activating group) is 1. The number of hydrogen-bond donors (Lipinski definition) is 1. The summed E-state index contributed by atoms with van der Waals surface area (Å²) in [5.74, 6) is -0.140. The minimum absolute atomic E-state index is 0.140. The van der Waals surface area contributed by atoms with E-state index in [0.29, 0.717) is 6.04 Å². The Morgan fingerprint density at radius 3 is 3.13 bits per heavy atom. The highest BCUT2D eigenvalue weighted by atomic mass is 19.1. The number of halogens is 1. The third-order valence-electron chi connectivity index (χ3n) is 3.00. The van der Waals surface area contributed by atoms with Crippen LogP contribution in [0.15, 0.2) is 24.3 Å². The van der Waals surface area contributed by atoms with Crippen LogP contribution in [0.1, 0.15) is 5.56 Å². The van der Waals surface area contributed by atoms with Crippen molar-refractivity contribution >= 4 is 0 Å². The summed E-state index contributed by atoms with van der Waals surface area (Å²) in [6, 6.07) is 7.38. The molecule has 15 heavy (non-hydrogen) atoms. The maximum Gasteiger partial charge on any atom is 0.123 e. The Kier molecular flexibility index (Phi) is 3.34. The van der Waals surface area contributed by atoms with Crippen LogP contribution in [0.2, 0.25) is 0 Å². The Hall–Kier alpha value is -0.930. The average molecular weight is 208 g/mol. The monoisotopic (exact) mass is 208 g/mol. The van der Waals surface area contributed by atoms with Crippen LogP contribution >= 0.6 is 0 Å². The molecule has 1 aliphatic heterocycles. The Bertz CT molecular complexity index is 327. The first-order valence-corrected chi connectivity index (χ1v) is 5.41. The fraction of sp³-hybridized carbons (Fsp3) is 0.500. The topological polar surface area (TPSA) is 15.3 Å². The van der Waals surface area contributed by atoms with E-state index >= 15 is 0 Å². The molecule has 1 atom stereocenters. The first-order chi connectivity index (χ1) is 7.25. The van der Waals surface area contributed by atoms with Crippen molar-refractivity contribution in [3.63, 3.8) is 0 Å². The molecule has 1 fully saturated rings. The zero-order valence-electron chi connectivity index (χ0n) is 9.04. The van der Waals surface area contributed by atoms with Gasteiger partial charge < -0.3 is 10.2 Å². The van der Waals surface area contributed by atoms with Gasteiger partial charge in [-0.05, 0) is 31.2 Å². The van der Waals surface area contributed by atoms with E-state index in [1.165, 1.54) is 6.07 Å². The van der Waals surface area contributed by atoms with E-state index in [1.54, 1.807) is 12.1 Å². The zero-order chi connectivity index (χ0) is 10.7. The molecule has 1 unspecified atom stereocenters. The van der Waals surface area contributed by atoms with Crippen molar-refractivity contribution in [2.45, 2.75) is 12.5 Å². The van der Waals surface area contributed by atoms with Crippen LogP contribution in [0.25, 0.3) is 0 Å². The second-order valence-electron chi connectivity index (χ2n) is 4.17. The summed E-state index contributed by atoms with van der Waals surface area (Å²) < 4.78 is 13.0. The van der Waals surface area contributed by atoms with Gasteiger partial charge >= 0.3 is 0 Å². The SMILES string of the molecule is CN1CCNCC1Cc1cccc(F)c1. The zero-order valence-corrected chi connectivity index (χ0v) is 9.04. The molecule has 82 valence electrons. The third-order valence-corrected chi connectivity index (χ3v) is 3.00. The van der Waals surface area contributed by atoms with Crippen LogP contribution in [-0.2, 0) is 6.42 Å². The average Bonchev–Trinajstić information content (AvgIpc) is 2.22. The predicted molar refractivity (Wildman–Crippen MR) is 59.4 cm³/mol. The van der Waals surface area contributed by atoms with Crippen LogP contribution in [0.4, 0.5) is 4.39 Å². The van der Waals surface area contributed by atoms with Gasteiger partial charge in [-0.3, -0.25) is 0 Å². The van der Waals surface area contributed by atoms with Crippen molar-refractivity contribution < 1.29 is 4.39 Å². The highest BCUT2D eigenvalue weighted by Gasteiger charge is 2.18. The van der Waals surface area contributed by atoms with Gasteiger partial charge in [0.1, 0.15) is 5.82 Å². The molecular formula is C12H17FN2. The Morgan fingerprint density at radius 2 is 2.40 bits per heavy atom. The molecule has 1 N–H and O–H groups in total.